The third kappa shape index (κ3) is 4.58. The Morgan fingerprint density at radius 3 is 2.56 bits per heavy atom. The van der Waals surface area contributed by atoms with Crippen molar-refractivity contribution in [3.63, 3.8) is 0 Å². The SMILES string of the molecule is CCNC(CCc1cc(F)ccc1Cl)C(C)(C)C. The molecule has 18 heavy (non-hydrogen) atoms. The van der Waals surface area contributed by atoms with Gasteiger partial charge in [-0.2, -0.15) is 0 Å². The van der Waals surface area contributed by atoms with E-state index < -0.39 is 0 Å². The highest BCUT2D eigenvalue weighted by Crippen LogP contribution is 2.25. The van der Waals surface area contributed by atoms with E-state index in [1.807, 2.05) is 0 Å². The van der Waals surface area contributed by atoms with Crippen LogP contribution in [0.3, 0.4) is 0 Å². The summed E-state index contributed by atoms with van der Waals surface area (Å²) in [4.78, 5) is 0. The number of hydrogen-bond donors (Lipinski definition) is 1. The Hall–Kier alpha value is -0.600. The summed E-state index contributed by atoms with van der Waals surface area (Å²) in [6.07, 6.45) is 1.76. The Bertz CT molecular complexity index is 385. The molecule has 102 valence electrons. The maximum absolute atomic E-state index is 13.2. The van der Waals surface area contributed by atoms with Crippen molar-refractivity contribution in [1.82, 2.24) is 5.32 Å². The standard InChI is InChI=1S/C15H23ClFN/c1-5-18-14(15(2,3)4)9-6-11-10-12(17)7-8-13(11)16/h7-8,10,14,18H,5-6,9H2,1-4H3. The highest BCUT2D eigenvalue weighted by Gasteiger charge is 2.23. The van der Waals surface area contributed by atoms with Gasteiger partial charge < -0.3 is 5.32 Å². The summed E-state index contributed by atoms with van der Waals surface area (Å²) in [5, 5.41) is 4.14. The van der Waals surface area contributed by atoms with Crippen molar-refractivity contribution >= 4 is 11.6 Å². The summed E-state index contributed by atoms with van der Waals surface area (Å²) in [5.74, 6) is -0.217. The van der Waals surface area contributed by atoms with Crippen LogP contribution < -0.4 is 5.32 Å². The fraction of sp³-hybridized carbons (Fsp3) is 0.600. The van der Waals surface area contributed by atoms with E-state index >= 15 is 0 Å². The van der Waals surface area contributed by atoms with Gasteiger partial charge in [0.05, 0.1) is 0 Å². The lowest BCUT2D eigenvalue weighted by Gasteiger charge is -2.31. The molecule has 1 aromatic rings. The van der Waals surface area contributed by atoms with Crippen molar-refractivity contribution < 1.29 is 4.39 Å². The molecule has 0 bridgehead atoms. The predicted octanol–water partition coefficient (Wildman–Crippen LogP) is 4.44. The van der Waals surface area contributed by atoms with E-state index in [0.717, 1.165) is 24.9 Å². The summed E-state index contributed by atoms with van der Waals surface area (Å²) in [7, 11) is 0. The van der Waals surface area contributed by atoms with Crippen LogP contribution >= 0.6 is 11.6 Å². The Morgan fingerprint density at radius 1 is 1.33 bits per heavy atom. The first-order chi connectivity index (χ1) is 8.34. The van der Waals surface area contributed by atoms with Crippen molar-refractivity contribution in [2.24, 2.45) is 5.41 Å². The minimum atomic E-state index is -0.217. The summed E-state index contributed by atoms with van der Waals surface area (Å²) in [6.45, 7) is 9.70. The van der Waals surface area contributed by atoms with E-state index in [4.69, 9.17) is 11.6 Å². The highest BCUT2D eigenvalue weighted by atomic mass is 35.5. The topological polar surface area (TPSA) is 12.0 Å². The van der Waals surface area contributed by atoms with E-state index in [1.54, 1.807) is 6.07 Å². The second-order valence-electron chi connectivity index (χ2n) is 5.75. The van der Waals surface area contributed by atoms with Gasteiger partial charge in [0.2, 0.25) is 0 Å². The molecule has 0 aliphatic rings. The molecule has 0 saturated heterocycles. The lowest BCUT2D eigenvalue weighted by Crippen LogP contribution is -2.40. The number of nitrogens with one attached hydrogen (secondary N) is 1. The first kappa shape index (κ1) is 15.5. The molecule has 1 nitrogen and oxygen atoms in total. The van der Waals surface area contributed by atoms with Gasteiger partial charge in [0.1, 0.15) is 5.82 Å². The smallest absolute Gasteiger partial charge is 0.123 e. The zero-order chi connectivity index (χ0) is 13.8. The zero-order valence-electron chi connectivity index (χ0n) is 11.7. The molecule has 0 aliphatic heterocycles. The lowest BCUT2D eigenvalue weighted by molar-refractivity contribution is 0.258. The molecule has 0 heterocycles. The third-order valence-corrected chi connectivity index (χ3v) is 3.57. The molecule has 1 N–H and O–H groups in total. The van der Waals surface area contributed by atoms with Crippen molar-refractivity contribution in [2.45, 2.75) is 46.6 Å². The van der Waals surface area contributed by atoms with Crippen LogP contribution in [0.25, 0.3) is 0 Å². The molecule has 1 rings (SSSR count). The number of hydrogen-bond acceptors (Lipinski definition) is 1. The molecule has 0 saturated carbocycles. The average Bonchev–Trinajstić information content (AvgIpc) is 2.27. The number of aryl methyl sites for hydroxylation is 1. The van der Waals surface area contributed by atoms with Gasteiger partial charge >= 0.3 is 0 Å². The van der Waals surface area contributed by atoms with E-state index in [9.17, 15) is 4.39 Å². The Balaban J connectivity index is 2.70. The van der Waals surface area contributed by atoms with Crippen LogP contribution in [0.15, 0.2) is 18.2 Å². The first-order valence-corrected chi connectivity index (χ1v) is 6.89. The van der Waals surface area contributed by atoms with Gasteiger partial charge in [0, 0.05) is 11.1 Å². The van der Waals surface area contributed by atoms with Gasteiger partial charge in [-0.1, -0.05) is 39.3 Å². The lowest BCUT2D eigenvalue weighted by atomic mass is 9.83. The van der Waals surface area contributed by atoms with Gasteiger partial charge in [-0.3, -0.25) is 0 Å². The van der Waals surface area contributed by atoms with Crippen molar-refractivity contribution in [3.05, 3.63) is 34.6 Å². The Kier molecular flexibility index (Phi) is 5.61. The number of benzene rings is 1. The molecule has 1 aromatic carbocycles. The maximum atomic E-state index is 13.2. The normalized spacial score (nSPS) is 13.7. The fourth-order valence-corrected chi connectivity index (χ4v) is 2.33. The highest BCUT2D eigenvalue weighted by molar-refractivity contribution is 6.31. The molecular formula is C15H23ClFN. The van der Waals surface area contributed by atoms with Crippen LogP contribution in [0.5, 0.6) is 0 Å². The van der Waals surface area contributed by atoms with E-state index in [0.29, 0.717) is 11.1 Å². The second-order valence-corrected chi connectivity index (χ2v) is 6.16. The van der Waals surface area contributed by atoms with E-state index in [2.05, 4.69) is 33.0 Å². The minimum Gasteiger partial charge on any atom is -0.314 e. The summed E-state index contributed by atoms with van der Waals surface area (Å²) >= 11 is 6.08. The Labute approximate surface area is 115 Å². The monoisotopic (exact) mass is 271 g/mol. The molecule has 3 heteroatoms. The fourth-order valence-electron chi connectivity index (χ4n) is 2.12. The van der Waals surface area contributed by atoms with Crippen LogP contribution in [-0.2, 0) is 6.42 Å². The molecular weight excluding hydrogens is 249 g/mol. The van der Waals surface area contributed by atoms with Gasteiger partial charge in [0.15, 0.2) is 0 Å². The van der Waals surface area contributed by atoms with Crippen LogP contribution in [0.4, 0.5) is 4.39 Å². The quantitative estimate of drug-likeness (QED) is 0.835. The molecule has 1 atom stereocenters. The van der Waals surface area contributed by atoms with Crippen LogP contribution in [0.1, 0.15) is 39.7 Å². The summed E-state index contributed by atoms with van der Waals surface area (Å²) in [5.41, 5.74) is 1.08. The molecule has 0 spiro atoms. The van der Waals surface area contributed by atoms with E-state index in [-0.39, 0.29) is 11.2 Å². The zero-order valence-corrected chi connectivity index (χ0v) is 12.4. The molecule has 0 aliphatic carbocycles. The number of rotatable bonds is 5. The molecule has 0 amide bonds. The van der Waals surface area contributed by atoms with Crippen molar-refractivity contribution in [3.8, 4) is 0 Å². The van der Waals surface area contributed by atoms with Gasteiger partial charge in [-0.25, -0.2) is 4.39 Å². The first-order valence-electron chi connectivity index (χ1n) is 6.52. The van der Waals surface area contributed by atoms with Crippen LogP contribution in [0.2, 0.25) is 5.02 Å². The van der Waals surface area contributed by atoms with E-state index in [1.165, 1.54) is 12.1 Å². The number of halogens is 2. The van der Waals surface area contributed by atoms with Gasteiger partial charge in [-0.15, -0.1) is 0 Å². The minimum absolute atomic E-state index is 0.190. The molecule has 0 aromatic heterocycles. The predicted molar refractivity (Wildman–Crippen MR) is 76.7 cm³/mol. The third-order valence-electron chi connectivity index (χ3n) is 3.21. The molecule has 0 fully saturated rings. The van der Waals surface area contributed by atoms with Crippen LogP contribution in [0, 0.1) is 11.2 Å². The van der Waals surface area contributed by atoms with Crippen molar-refractivity contribution in [2.75, 3.05) is 6.54 Å². The van der Waals surface area contributed by atoms with Crippen molar-refractivity contribution in [1.29, 1.82) is 0 Å². The maximum Gasteiger partial charge on any atom is 0.123 e. The largest absolute Gasteiger partial charge is 0.314 e. The Morgan fingerprint density at radius 2 is 2.00 bits per heavy atom. The average molecular weight is 272 g/mol. The molecule has 0 radical (unpaired) electrons. The van der Waals surface area contributed by atoms with Gasteiger partial charge in [-0.05, 0) is 48.6 Å². The summed E-state index contributed by atoms with van der Waals surface area (Å²) < 4.78 is 13.2. The van der Waals surface area contributed by atoms with Gasteiger partial charge in [0.25, 0.3) is 0 Å². The molecule has 1 unspecified atom stereocenters. The summed E-state index contributed by atoms with van der Waals surface area (Å²) in [6, 6.07) is 4.97. The second kappa shape index (κ2) is 6.53. The van der Waals surface area contributed by atoms with Crippen LogP contribution in [-0.4, -0.2) is 12.6 Å².